The number of tetrazole rings is 1. The van der Waals surface area contributed by atoms with Crippen LogP contribution in [-0.2, 0) is 27.4 Å². The van der Waals surface area contributed by atoms with Gasteiger partial charge in [-0.2, -0.15) is 4.80 Å². The molecular weight excluding hydrogens is 350 g/mol. The molecule has 1 atom stereocenters. The highest BCUT2D eigenvalue weighted by molar-refractivity contribution is 5.69. The largest absolute Gasteiger partial charge is 0.466 e. The lowest BCUT2D eigenvalue weighted by atomic mass is 10.2. The molecule has 0 N–H and O–H groups in total. The second-order valence-corrected chi connectivity index (χ2v) is 6.19. The highest BCUT2D eigenvalue weighted by atomic mass is 16.6. The van der Waals surface area contributed by atoms with Crippen molar-refractivity contribution in [1.29, 1.82) is 0 Å². The zero-order chi connectivity index (χ0) is 19.1. The van der Waals surface area contributed by atoms with Gasteiger partial charge in [0.05, 0.1) is 25.6 Å². The fraction of sp³-hybridized carbons (Fsp3) is 0.500. The van der Waals surface area contributed by atoms with E-state index < -0.39 is 0 Å². The van der Waals surface area contributed by atoms with Gasteiger partial charge in [-0.15, -0.1) is 10.2 Å². The molecule has 0 bridgehead atoms. The monoisotopic (exact) mass is 373 g/mol. The van der Waals surface area contributed by atoms with Crippen LogP contribution in [0.4, 0.5) is 4.79 Å². The molecule has 144 valence electrons. The molecule has 3 rings (SSSR count). The van der Waals surface area contributed by atoms with Crippen molar-refractivity contribution in [2.45, 2.75) is 45.4 Å². The second kappa shape index (κ2) is 9.11. The number of likely N-dealkylation sites (tertiary alicyclic amines) is 1. The molecule has 2 aromatic rings. The molecule has 1 aromatic carbocycles. The number of hydrogen-bond donors (Lipinski definition) is 0. The van der Waals surface area contributed by atoms with Crippen LogP contribution in [0.25, 0.3) is 0 Å². The molecule has 2 heterocycles. The predicted octanol–water partition coefficient (Wildman–Crippen LogP) is 2.10. The van der Waals surface area contributed by atoms with Crippen LogP contribution in [0.5, 0.6) is 0 Å². The number of rotatable bonds is 7. The Hall–Kier alpha value is -2.97. The van der Waals surface area contributed by atoms with Crippen molar-refractivity contribution < 1.29 is 19.1 Å². The minimum absolute atomic E-state index is 0.178. The van der Waals surface area contributed by atoms with E-state index in [2.05, 4.69) is 15.4 Å². The molecule has 1 aliphatic rings. The Morgan fingerprint density at radius 3 is 2.81 bits per heavy atom. The standard InChI is InChI=1S/C18H23N5O4/c1-2-26-16(24)10-12-23-20-17(19-21-23)15-9-6-11-22(15)18(25)27-13-14-7-4-3-5-8-14/h3-5,7-8,15H,2,6,9-13H2,1H3/t15-/m0/s1. The summed E-state index contributed by atoms with van der Waals surface area (Å²) in [5.74, 6) is 0.163. The SMILES string of the molecule is CCOC(=O)CCn1nnc([C@@H]2CCCN2C(=O)OCc2ccccc2)n1. The van der Waals surface area contributed by atoms with Crippen LogP contribution in [0.2, 0.25) is 0 Å². The number of ether oxygens (including phenoxy) is 2. The van der Waals surface area contributed by atoms with Crippen molar-refractivity contribution in [2.75, 3.05) is 13.2 Å². The number of hydrogen-bond acceptors (Lipinski definition) is 7. The average molecular weight is 373 g/mol. The molecule has 27 heavy (non-hydrogen) atoms. The van der Waals surface area contributed by atoms with Gasteiger partial charge >= 0.3 is 12.1 Å². The third-order valence-electron chi connectivity index (χ3n) is 4.28. The Labute approximate surface area is 157 Å². The maximum atomic E-state index is 12.5. The first-order chi connectivity index (χ1) is 13.2. The summed E-state index contributed by atoms with van der Waals surface area (Å²) in [4.78, 5) is 26.9. The summed E-state index contributed by atoms with van der Waals surface area (Å²) in [5.41, 5.74) is 0.935. The molecule has 0 saturated carbocycles. The van der Waals surface area contributed by atoms with Gasteiger partial charge in [-0.05, 0) is 30.5 Å². The summed E-state index contributed by atoms with van der Waals surface area (Å²) in [5, 5.41) is 12.3. The summed E-state index contributed by atoms with van der Waals surface area (Å²) in [6, 6.07) is 9.28. The summed E-state index contributed by atoms with van der Waals surface area (Å²) in [6.45, 7) is 3.21. The van der Waals surface area contributed by atoms with Crippen molar-refractivity contribution in [3.05, 3.63) is 41.7 Å². The third-order valence-corrected chi connectivity index (χ3v) is 4.28. The van der Waals surface area contributed by atoms with Gasteiger partial charge in [0.1, 0.15) is 6.61 Å². The van der Waals surface area contributed by atoms with Crippen molar-refractivity contribution in [1.82, 2.24) is 25.1 Å². The van der Waals surface area contributed by atoms with E-state index in [-0.39, 0.29) is 37.7 Å². The van der Waals surface area contributed by atoms with Crippen LogP contribution < -0.4 is 0 Å². The summed E-state index contributed by atoms with van der Waals surface area (Å²) in [7, 11) is 0. The maximum Gasteiger partial charge on any atom is 0.410 e. The highest BCUT2D eigenvalue weighted by Crippen LogP contribution is 2.30. The average Bonchev–Trinajstić information content (AvgIpc) is 3.34. The third kappa shape index (κ3) is 5.02. The van der Waals surface area contributed by atoms with E-state index in [1.807, 2.05) is 30.3 Å². The minimum Gasteiger partial charge on any atom is -0.466 e. The van der Waals surface area contributed by atoms with Gasteiger partial charge in [0.15, 0.2) is 5.82 Å². The van der Waals surface area contributed by atoms with E-state index in [9.17, 15) is 9.59 Å². The predicted molar refractivity (Wildman–Crippen MR) is 94.4 cm³/mol. The summed E-state index contributed by atoms with van der Waals surface area (Å²) < 4.78 is 10.3. The number of aromatic nitrogens is 4. The second-order valence-electron chi connectivity index (χ2n) is 6.19. The van der Waals surface area contributed by atoms with Crippen molar-refractivity contribution >= 4 is 12.1 Å². The van der Waals surface area contributed by atoms with Crippen LogP contribution in [0.15, 0.2) is 30.3 Å². The molecule has 1 saturated heterocycles. The van der Waals surface area contributed by atoms with E-state index >= 15 is 0 Å². The van der Waals surface area contributed by atoms with Crippen molar-refractivity contribution in [3.63, 3.8) is 0 Å². The van der Waals surface area contributed by atoms with Gasteiger partial charge in [-0.3, -0.25) is 9.69 Å². The van der Waals surface area contributed by atoms with Gasteiger partial charge in [0.2, 0.25) is 0 Å². The normalized spacial score (nSPS) is 16.3. The van der Waals surface area contributed by atoms with Crippen LogP contribution in [0.1, 0.15) is 43.6 Å². The zero-order valence-corrected chi connectivity index (χ0v) is 15.3. The lowest BCUT2D eigenvalue weighted by Gasteiger charge is -2.21. The molecule has 0 unspecified atom stereocenters. The van der Waals surface area contributed by atoms with Gasteiger partial charge in [-0.1, -0.05) is 30.3 Å². The van der Waals surface area contributed by atoms with Crippen LogP contribution in [0, 0.1) is 0 Å². The first-order valence-electron chi connectivity index (χ1n) is 9.08. The quantitative estimate of drug-likeness (QED) is 0.685. The number of benzene rings is 1. The Balaban J connectivity index is 1.56. The molecule has 9 nitrogen and oxygen atoms in total. The van der Waals surface area contributed by atoms with Crippen molar-refractivity contribution in [2.24, 2.45) is 0 Å². The fourth-order valence-electron chi connectivity index (χ4n) is 2.96. The molecule has 0 radical (unpaired) electrons. The van der Waals surface area contributed by atoms with Gasteiger partial charge in [-0.25, -0.2) is 4.79 Å². The van der Waals surface area contributed by atoms with Crippen LogP contribution >= 0.6 is 0 Å². The zero-order valence-electron chi connectivity index (χ0n) is 15.3. The van der Waals surface area contributed by atoms with Crippen LogP contribution in [0.3, 0.4) is 0 Å². The number of nitrogens with zero attached hydrogens (tertiary/aromatic N) is 5. The smallest absolute Gasteiger partial charge is 0.410 e. The number of aryl methyl sites for hydroxylation is 1. The Morgan fingerprint density at radius 2 is 2.04 bits per heavy atom. The van der Waals surface area contributed by atoms with E-state index in [1.54, 1.807) is 11.8 Å². The lowest BCUT2D eigenvalue weighted by molar-refractivity contribution is -0.143. The molecule has 1 aliphatic heterocycles. The summed E-state index contributed by atoms with van der Waals surface area (Å²) >= 11 is 0. The van der Waals surface area contributed by atoms with E-state index in [0.29, 0.717) is 19.0 Å². The van der Waals surface area contributed by atoms with E-state index in [0.717, 1.165) is 18.4 Å². The molecule has 0 aliphatic carbocycles. The number of esters is 1. The lowest BCUT2D eigenvalue weighted by Crippen LogP contribution is -2.31. The van der Waals surface area contributed by atoms with E-state index in [1.165, 1.54) is 4.80 Å². The molecule has 1 amide bonds. The van der Waals surface area contributed by atoms with Crippen LogP contribution in [-0.4, -0.2) is 50.3 Å². The number of carbonyl (C=O) groups is 2. The molecular formula is C18H23N5O4. The van der Waals surface area contributed by atoms with Crippen molar-refractivity contribution in [3.8, 4) is 0 Å². The molecule has 1 aromatic heterocycles. The summed E-state index contributed by atoms with van der Waals surface area (Å²) in [6.07, 6.45) is 1.40. The Kier molecular flexibility index (Phi) is 6.35. The fourth-order valence-corrected chi connectivity index (χ4v) is 2.96. The molecule has 0 spiro atoms. The van der Waals surface area contributed by atoms with Gasteiger partial charge in [0.25, 0.3) is 0 Å². The number of carbonyl (C=O) groups excluding carboxylic acids is 2. The minimum atomic E-state index is -0.385. The Bertz CT molecular complexity index is 764. The maximum absolute atomic E-state index is 12.5. The highest BCUT2D eigenvalue weighted by Gasteiger charge is 2.34. The first kappa shape index (κ1) is 18.8. The van der Waals surface area contributed by atoms with E-state index in [4.69, 9.17) is 9.47 Å². The van der Waals surface area contributed by atoms with Gasteiger partial charge < -0.3 is 9.47 Å². The number of amides is 1. The first-order valence-corrected chi connectivity index (χ1v) is 9.08. The van der Waals surface area contributed by atoms with Gasteiger partial charge in [0, 0.05) is 6.54 Å². The molecule has 9 heteroatoms. The molecule has 1 fully saturated rings. The topological polar surface area (TPSA) is 99.4 Å². The Morgan fingerprint density at radius 1 is 1.22 bits per heavy atom.